The van der Waals surface area contributed by atoms with Crippen LogP contribution in [-0.2, 0) is 11.2 Å². The van der Waals surface area contributed by atoms with E-state index in [0.717, 1.165) is 12.0 Å². The molecule has 2 amide bonds. The molecule has 0 aromatic heterocycles. The van der Waals surface area contributed by atoms with Crippen LogP contribution in [0.3, 0.4) is 0 Å². The molecule has 6 heteroatoms. The number of rotatable bonds is 8. The standard InChI is InChI=1S/C24H23ClN2O3/c1-17(30-22-14-8-6-12-20(22)25)23(28)27-21-13-7-5-11-19(21)24(29)26-16-15-18-9-3-2-4-10-18/h2-14,17H,15-16H2,1H3,(H,26,29)(H,27,28)/t17-/m0/s1. The van der Waals surface area contributed by atoms with Crippen molar-refractivity contribution in [2.24, 2.45) is 0 Å². The van der Waals surface area contributed by atoms with Crippen LogP contribution in [0.15, 0.2) is 78.9 Å². The number of amides is 2. The fraction of sp³-hybridized carbons (Fsp3) is 0.167. The highest BCUT2D eigenvalue weighted by Gasteiger charge is 2.19. The Kier molecular flexibility index (Phi) is 7.46. The van der Waals surface area contributed by atoms with Gasteiger partial charge in [0.2, 0.25) is 0 Å². The van der Waals surface area contributed by atoms with E-state index in [1.54, 1.807) is 55.5 Å². The Bertz CT molecular complexity index is 1010. The molecule has 0 saturated carbocycles. The summed E-state index contributed by atoms with van der Waals surface area (Å²) < 4.78 is 5.65. The third kappa shape index (κ3) is 5.84. The van der Waals surface area contributed by atoms with Gasteiger partial charge in [-0.25, -0.2) is 0 Å². The predicted octanol–water partition coefficient (Wildman–Crippen LogP) is 4.72. The first-order valence-corrected chi connectivity index (χ1v) is 10.1. The Morgan fingerprint density at radius 1 is 0.933 bits per heavy atom. The number of carbonyl (C=O) groups is 2. The summed E-state index contributed by atoms with van der Waals surface area (Å²) in [6.45, 7) is 2.12. The fourth-order valence-electron chi connectivity index (χ4n) is 2.87. The fourth-order valence-corrected chi connectivity index (χ4v) is 3.05. The quantitative estimate of drug-likeness (QED) is 0.552. The van der Waals surface area contributed by atoms with E-state index in [1.165, 1.54) is 0 Å². The molecule has 3 aromatic rings. The highest BCUT2D eigenvalue weighted by atomic mass is 35.5. The second-order valence-corrected chi connectivity index (χ2v) is 7.12. The number of para-hydroxylation sites is 2. The zero-order valence-corrected chi connectivity index (χ0v) is 17.4. The molecular formula is C24H23ClN2O3. The second kappa shape index (κ2) is 10.5. The normalized spacial score (nSPS) is 11.4. The van der Waals surface area contributed by atoms with Crippen LogP contribution in [0.25, 0.3) is 0 Å². The van der Waals surface area contributed by atoms with Crippen LogP contribution in [0.5, 0.6) is 5.75 Å². The molecule has 3 aromatic carbocycles. The molecule has 0 aliphatic heterocycles. The van der Waals surface area contributed by atoms with Crippen molar-refractivity contribution < 1.29 is 14.3 Å². The zero-order chi connectivity index (χ0) is 21.3. The average molecular weight is 423 g/mol. The van der Waals surface area contributed by atoms with E-state index in [9.17, 15) is 9.59 Å². The number of benzene rings is 3. The van der Waals surface area contributed by atoms with Gasteiger partial charge in [0.15, 0.2) is 6.10 Å². The molecule has 0 spiro atoms. The van der Waals surface area contributed by atoms with Crippen LogP contribution in [0.4, 0.5) is 5.69 Å². The maximum Gasteiger partial charge on any atom is 0.265 e. The van der Waals surface area contributed by atoms with Gasteiger partial charge in [0.1, 0.15) is 5.75 Å². The molecule has 0 aliphatic rings. The van der Waals surface area contributed by atoms with Crippen molar-refractivity contribution in [2.45, 2.75) is 19.4 Å². The van der Waals surface area contributed by atoms with Crippen molar-refractivity contribution in [3.05, 3.63) is 95.0 Å². The number of hydrogen-bond acceptors (Lipinski definition) is 3. The van der Waals surface area contributed by atoms with Gasteiger partial charge in [-0.05, 0) is 43.2 Å². The number of carbonyl (C=O) groups excluding carboxylic acids is 2. The van der Waals surface area contributed by atoms with E-state index in [0.29, 0.717) is 28.6 Å². The van der Waals surface area contributed by atoms with Crippen molar-refractivity contribution >= 4 is 29.1 Å². The average Bonchev–Trinajstić information content (AvgIpc) is 2.76. The first-order valence-electron chi connectivity index (χ1n) is 9.68. The third-order valence-corrected chi connectivity index (χ3v) is 4.79. The van der Waals surface area contributed by atoms with Gasteiger partial charge in [-0.1, -0.05) is 66.2 Å². The van der Waals surface area contributed by atoms with Crippen LogP contribution in [0.1, 0.15) is 22.8 Å². The van der Waals surface area contributed by atoms with Crippen molar-refractivity contribution in [2.75, 3.05) is 11.9 Å². The van der Waals surface area contributed by atoms with Gasteiger partial charge in [-0.15, -0.1) is 0 Å². The molecule has 0 saturated heterocycles. The zero-order valence-electron chi connectivity index (χ0n) is 16.6. The maximum atomic E-state index is 12.6. The minimum Gasteiger partial charge on any atom is -0.479 e. The van der Waals surface area contributed by atoms with E-state index in [4.69, 9.17) is 16.3 Å². The number of halogens is 1. The molecule has 0 unspecified atom stereocenters. The Morgan fingerprint density at radius 3 is 2.37 bits per heavy atom. The van der Waals surface area contributed by atoms with Gasteiger partial charge in [0.05, 0.1) is 16.3 Å². The first kappa shape index (κ1) is 21.4. The predicted molar refractivity (Wildman–Crippen MR) is 119 cm³/mol. The summed E-state index contributed by atoms with van der Waals surface area (Å²) in [6.07, 6.45) is -0.0665. The van der Waals surface area contributed by atoms with Crippen LogP contribution in [0.2, 0.25) is 5.02 Å². The maximum absolute atomic E-state index is 12.6. The Hall–Kier alpha value is -3.31. The molecule has 2 N–H and O–H groups in total. The molecule has 0 heterocycles. The summed E-state index contributed by atoms with van der Waals surface area (Å²) in [4.78, 5) is 25.2. The molecular weight excluding hydrogens is 400 g/mol. The van der Waals surface area contributed by atoms with Crippen molar-refractivity contribution in [1.29, 1.82) is 0 Å². The van der Waals surface area contributed by atoms with Gasteiger partial charge in [-0.2, -0.15) is 0 Å². The summed E-state index contributed by atoms with van der Waals surface area (Å²) in [6, 6.07) is 23.7. The highest BCUT2D eigenvalue weighted by molar-refractivity contribution is 6.32. The van der Waals surface area contributed by atoms with Gasteiger partial charge in [-0.3, -0.25) is 9.59 Å². The molecule has 154 valence electrons. The van der Waals surface area contributed by atoms with Crippen LogP contribution in [-0.4, -0.2) is 24.5 Å². The van der Waals surface area contributed by atoms with E-state index >= 15 is 0 Å². The second-order valence-electron chi connectivity index (χ2n) is 6.72. The number of hydrogen-bond donors (Lipinski definition) is 2. The van der Waals surface area contributed by atoms with E-state index in [2.05, 4.69) is 10.6 Å². The van der Waals surface area contributed by atoms with Crippen molar-refractivity contribution in [3.8, 4) is 5.75 Å². The molecule has 3 rings (SSSR count). The molecule has 30 heavy (non-hydrogen) atoms. The smallest absolute Gasteiger partial charge is 0.265 e. The number of anilines is 1. The molecule has 0 bridgehead atoms. The summed E-state index contributed by atoms with van der Waals surface area (Å²) in [7, 11) is 0. The molecule has 1 atom stereocenters. The van der Waals surface area contributed by atoms with E-state index in [-0.39, 0.29) is 11.8 Å². The summed E-state index contributed by atoms with van der Waals surface area (Å²) in [5.74, 6) is -0.199. The van der Waals surface area contributed by atoms with Gasteiger partial charge >= 0.3 is 0 Å². The molecule has 5 nitrogen and oxygen atoms in total. The minimum absolute atomic E-state index is 0.249. The Balaban J connectivity index is 1.60. The third-order valence-electron chi connectivity index (χ3n) is 4.48. The largest absolute Gasteiger partial charge is 0.479 e. The molecule has 0 fully saturated rings. The summed E-state index contributed by atoms with van der Waals surface area (Å²) in [5, 5.41) is 6.10. The SMILES string of the molecule is C[C@H](Oc1ccccc1Cl)C(=O)Nc1ccccc1C(=O)NCCc1ccccc1. The first-order chi connectivity index (χ1) is 14.5. The van der Waals surface area contributed by atoms with Crippen molar-refractivity contribution in [1.82, 2.24) is 5.32 Å². The lowest BCUT2D eigenvalue weighted by molar-refractivity contribution is -0.122. The van der Waals surface area contributed by atoms with Crippen LogP contribution >= 0.6 is 11.6 Å². The topological polar surface area (TPSA) is 67.4 Å². The molecule has 0 radical (unpaired) electrons. The van der Waals surface area contributed by atoms with Gasteiger partial charge < -0.3 is 15.4 Å². The van der Waals surface area contributed by atoms with E-state index < -0.39 is 6.10 Å². The van der Waals surface area contributed by atoms with Gasteiger partial charge in [0, 0.05) is 6.54 Å². The molecule has 0 aliphatic carbocycles. The number of ether oxygens (including phenoxy) is 1. The summed E-state index contributed by atoms with van der Waals surface area (Å²) >= 11 is 6.08. The van der Waals surface area contributed by atoms with Crippen LogP contribution < -0.4 is 15.4 Å². The lowest BCUT2D eigenvalue weighted by Gasteiger charge is -2.17. The van der Waals surface area contributed by atoms with E-state index in [1.807, 2.05) is 30.3 Å². The Labute approximate surface area is 181 Å². The highest BCUT2D eigenvalue weighted by Crippen LogP contribution is 2.24. The lowest BCUT2D eigenvalue weighted by atomic mass is 10.1. The Morgan fingerprint density at radius 2 is 1.60 bits per heavy atom. The van der Waals surface area contributed by atoms with Gasteiger partial charge in [0.25, 0.3) is 11.8 Å². The van der Waals surface area contributed by atoms with Crippen molar-refractivity contribution in [3.63, 3.8) is 0 Å². The lowest BCUT2D eigenvalue weighted by Crippen LogP contribution is -2.32. The van der Waals surface area contributed by atoms with Crippen LogP contribution in [0, 0.1) is 0 Å². The summed E-state index contributed by atoms with van der Waals surface area (Å²) in [5.41, 5.74) is 1.96. The number of nitrogens with one attached hydrogen (secondary N) is 2. The minimum atomic E-state index is -0.793. The monoisotopic (exact) mass is 422 g/mol.